The van der Waals surface area contributed by atoms with E-state index in [1.807, 2.05) is 0 Å². The van der Waals surface area contributed by atoms with Gasteiger partial charge in [-0.1, -0.05) is 11.8 Å². The molecule has 108 valence electrons. The summed E-state index contributed by atoms with van der Waals surface area (Å²) in [6, 6.07) is 5.69. The summed E-state index contributed by atoms with van der Waals surface area (Å²) in [4.78, 5) is 12.1. The fourth-order valence-corrected chi connectivity index (χ4v) is 2.70. The van der Waals surface area contributed by atoms with E-state index in [1.165, 1.54) is 29.5 Å². The van der Waals surface area contributed by atoms with Gasteiger partial charge in [0, 0.05) is 11.8 Å². The van der Waals surface area contributed by atoms with E-state index in [0.29, 0.717) is 23.2 Å². The van der Waals surface area contributed by atoms with Crippen molar-refractivity contribution in [2.45, 2.75) is 6.42 Å². The van der Waals surface area contributed by atoms with Gasteiger partial charge in [-0.15, -0.1) is 11.3 Å². The fraction of sp³-hybridized carbons (Fsp3) is 0.133. The van der Waals surface area contributed by atoms with Crippen LogP contribution in [0.3, 0.4) is 0 Å². The van der Waals surface area contributed by atoms with Gasteiger partial charge in [-0.05, 0) is 40.2 Å². The zero-order valence-electron chi connectivity index (χ0n) is 10.8. The first-order valence-corrected chi connectivity index (χ1v) is 7.72. The third-order valence-electron chi connectivity index (χ3n) is 2.52. The number of carbonyl (C=O) groups excluding carboxylic acids is 1. The number of carbonyl (C=O) groups is 1. The molecule has 0 spiro atoms. The number of aliphatic hydroxyl groups excluding tert-OH is 1. The van der Waals surface area contributed by atoms with Crippen LogP contribution in [0.25, 0.3) is 0 Å². The van der Waals surface area contributed by atoms with Crippen molar-refractivity contribution in [1.29, 1.82) is 0 Å². The van der Waals surface area contributed by atoms with Crippen molar-refractivity contribution >= 4 is 38.9 Å². The molecule has 6 heteroatoms. The van der Waals surface area contributed by atoms with Gasteiger partial charge in [-0.2, -0.15) is 0 Å². The summed E-state index contributed by atoms with van der Waals surface area (Å²) in [6.07, 6.45) is 0.293. The van der Waals surface area contributed by atoms with Crippen LogP contribution >= 0.6 is 27.3 Å². The number of aliphatic hydroxyl groups is 1. The van der Waals surface area contributed by atoms with E-state index >= 15 is 0 Å². The van der Waals surface area contributed by atoms with E-state index in [4.69, 9.17) is 5.11 Å². The Hall–Kier alpha value is -1.68. The molecule has 0 unspecified atom stereocenters. The Morgan fingerprint density at radius 3 is 2.90 bits per heavy atom. The lowest BCUT2D eigenvalue weighted by atomic mass is 10.1. The molecule has 0 bridgehead atoms. The van der Waals surface area contributed by atoms with Crippen molar-refractivity contribution in [3.05, 3.63) is 50.4 Å². The van der Waals surface area contributed by atoms with Crippen LogP contribution in [0.4, 0.5) is 10.1 Å². The summed E-state index contributed by atoms with van der Waals surface area (Å²) in [6.45, 7) is -0.0626. The van der Waals surface area contributed by atoms with Crippen molar-refractivity contribution in [1.82, 2.24) is 0 Å². The maximum atomic E-state index is 13.3. The van der Waals surface area contributed by atoms with Gasteiger partial charge in [0.15, 0.2) is 0 Å². The molecule has 1 heterocycles. The monoisotopic (exact) mass is 367 g/mol. The molecule has 0 fully saturated rings. The molecular formula is C15H11BrFNO2S. The number of amides is 1. The number of hydrogen-bond acceptors (Lipinski definition) is 3. The van der Waals surface area contributed by atoms with Crippen LogP contribution in [-0.4, -0.2) is 17.6 Å². The van der Waals surface area contributed by atoms with Crippen LogP contribution in [0.1, 0.15) is 22.3 Å². The number of halogens is 2. The molecule has 0 radical (unpaired) electrons. The number of hydrogen-bond donors (Lipinski definition) is 2. The summed E-state index contributed by atoms with van der Waals surface area (Å²) in [5.74, 6) is 4.74. The molecule has 1 aromatic carbocycles. The highest BCUT2D eigenvalue weighted by Gasteiger charge is 2.10. The highest BCUT2D eigenvalue weighted by Crippen LogP contribution is 2.22. The summed E-state index contributed by atoms with van der Waals surface area (Å²) in [7, 11) is 0. The molecule has 2 N–H and O–H groups in total. The first kappa shape index (κ1) is 15.7. The Morgan fingerprint density at radius 1 is 1.43 bits per heavy atom. The van der Waals surface area contributed by atoms with Gasteiger partial charge in [-0.25, -0.2) is 4.39 Å². The van der Waals surface area contributed by atoms with Crippen molar-refractivity contribution in [3.8, 4) is 11.8 Å². The summed E-state index contributed by atoms with van der Waals surface area (Å²) >= 11 is 4.70. The Labute approximate surface area is 133 Å². The van der Waals surface area contributed by atoms with Crippen LogP contribution in [0.2, 0.25) is 0 Å². The molecule has 2 rings (SSSR count). The fourth-order valence-electron chi connectivity index (χ4n) is 1.57. The van der Waals surface area contributed by atoms with Crippen LogP contribution in [0.5, 0.6) is 0 Å². The van der Waals surface area contributed by atoms with Gasteiger partial charge >= 0.3 is 0 Å². The zero-order valence-corrected chi connectivity index (χ0v) is 13.2. The van der Waals surface area contributed by atoms with Crippen LogP contribution in [-0.2, 0) is 0 Å². The maximum Gasteiger partial charge on any atom is 0.256 e. The third kappa shape index (κ3) is 4.39. The Morgan fingerprint density at radius 2 is 2.24 bits per heavy atom. The van der Waals surface area contributed by atoms with E-state index in [1.54, 1.807) is 11.4 Å². The SMILES string of the molecule is O=C(Nc1ccc(F)cc1C#CCCO)c1csc(Br)c1. The van der Waals surface area contributed by atoms with Gasteiger partial charge < -0.3 is 10.4 Å². The van der Waals surface area contributed by atoms with Gasteiger partial charge in [0.2, 0.25) is 0 Å². The molecule has 2 aromatic rings. The smallest absolute Gasteiger partial charge is 0.256 e. The summed E-state index contributed by atoms with van der Waals surface area (Å²) in [5.41, 5.74) is 1.34. The number of rotatable bonds is 3. The predicted octanol–water partition coefficient (Wildman–Crippen LogP) is 3.64. The number of thiophene rings is 1. The first-order valence-electron chi connectivity index (χ1n) is 6.05. The van der Waals surface area contributed by atoms with Gasteiger partial charge in [0.1, 0.15) is 5.82 Å². The van der Waals surface area contributed by atoms with Crippen LogP contribution in [0, 0.1) is 17.7 Å². The minimum absolute atomic E-state index is 0.0626. The second-order valence-corrected chi connectivity index (χ2v) is 6.35. The van der Waals surface area contributed by atoms with E-state index < -0.39 is 5.82 Å². The summed E-state index contributed by atoms with van der Waals surface area (Å²) in [5, 5.41) is 13.1. The van der Waals surface area contributed by atoms with Crippen molar-refractivity contribution in [2.75, 3.05) is 11.9 Å². The van der Waals surface area contributed by atoms with E-state index in [2.05, 4.69) is 33.1 Å². The van der Waals surface area contributed by atoms with E-state index in [-0.39, 0.29) is 12.5 Å². The number of benzene rings is 1. The third-order valence-corrected chi connectivity index (χ3v) is 4.02. The highest BCUT2D eigenvalue weighted by molar-refractivity contribution is 9.11. The molecule has 3 nitrogen and oxygen atoms in total. The minimum Gasteiger partial charge on any atom is -0.395 e. The quantitative estimate of drug-likeness (QED) is 0.813. The molecule has 0 saturated carbocycles. The van der Waals surface area contributed by atoms with Crippen molar-refractivity contribution < 1.29 is 14.3 Å². The van der Waals surface area contributed by atoms with Crippen LogP contribution < -0.4 is 5.32 Å². The zero-order chi connectivity index (χ0) is 15.2. The minimum atomic E-state index is -0.431. The molecule has 0 atom stereocenters. The van der Waals surface area contributed by atoms with Crippen molar-refractivity contribution in [2.24, 2.45) is 0 Å². The molecule has 21 heavy (non-hydrogen) atoms. The largest absolute Gasteiger partial charge is 0.395 e. The molecular weight excluding hydrogens is 357 g/mol. The number of anilines is 1. The molecule has 1 aromatic heterocycles. The average molecular weight is 368 g/mol. The van der Waals surface area contributed by atoms with E-state index in [9.17, 15) is 9.18 Å². The van der Waals surface area contributed by atoms with Gasteiger partial charge in [0.25, 0.3) is 5.91 Å². The van der Waals surface area contributed by atoms with E-state index in [0.717, 1.165) is 3.79 Å². The lowest BCUT2D eigenvalue weighted by molar-refractivity contribution is 0.102. The van der Waals surface area contributed by atoms with Crippen molar-refractivity contribution in [3.63, 3.8) is 0 Å². The lowest BCUT2D eigenvalue weighted by Gasteiger charge is -2.06. The summed E-state index contributed by atoms with van der Waals surface area (Å²) < 4.78 is 14.1. The second-order valence-electron chi connectivity index (χ2n) is 4.06. The highest BCUT2D eigenvalue weighted by atomic mass is 79.9. The first-order chi connectivity index (χ1) is 10.1. The second kappa shape index (κ2) is 7.36. The molecule has 0 saturated heterocycles. The maximum absolute atomic E-state index is 13.3. The molecule has 0 aliphatic rings. The Kier molecular flexibility index (Phi) is 5.51. The average Bonchev–Trinajstić information content (AvgIpc) is 2.88. The normalized spacial score (nSPS) is 9.86. The molecule has 1 amide bonds. The molecule has 0 aliphatic heterocycles. The topological polar surface area (TPSA) is 49.3 Å². The van der Waals surface area contributed by atoms with Crippen LogP contribution in [0.15, 0.2) is 33.4 Å². The predicted molar refractivity (Wildman–Crippen MR) is 85.0 cm³/mol. The van der Waals surface area contributed by atoms with Gasteiger partial charge in [0.05, 0.1) is 27.2 Å². The number of nitrogens with one attached hydrogen (secondary N) is 1. The van der Waals surface area contributed by atoms with Gasteiger partial charge in [-0.3, -0.25) is 4.79 Å². The standard InChI is InChI=1S/C15H11BrFNO2S/c16-14-8-11(9-21-14)15(20)18-13-5-4-12(17)7-10(13)3-1-2-6-19/h4-5,7-9,19H,2,6H2,(H,18,20). The molecule has 0 aliphatic carbocycles. The lowest BCUT2D eigenvalue weighted by Crippen LogP contribution is -2.12. The Bertz CT molecular complexity index is 718. The Balaban J connectivity index is 2.23.